The Morgan fingerprint density at radius 2 is 1.46 bits per heavy atom. The maximum absolute atomic E-state index is 13.8. The van der Waals surface area contributed by atoms with Gasteiger partial charge in [-0.15, -0.1) is 0 Å². The van der Waals surface area contributed by atoms with Crippen molar-refractivity contribution in [1.82, 2.24) is 20.0 Å². The molecule has 0 radical (unpaired) electrons. The van der Waals surface area contributed by atoms with Crippen LogP contribution in [0.5, 0.6) is 0 Å². The van der Waals surface area contributed by atoms with Crippen molar-refractivity contribution in [3.8, 4) is 0 Å². The largest absolute Gasteiger partial charge is 0.341 e. The molecule has 2 aromatic carbocycles. The molecule has 1 N–H and O–H groups in total. The number of anilines is 1. The number of nitrogens with zero attached hydrogens (tertiary/aromatic N) is 4. The Bertz CT molecular complexity index is 1050. The van der Waals surface area contributed by atoms with Crippen molar-refractivity contribution in [3.05, 3.63) is 66.2 Å². The van der Waals surface area contributed by atoms with Crippen LogP contribution >= 0.6 is 0 Å². The second-order valence-electron chi connectivity index (χ2n) is 9.66. The molecule has 3 aliphatic rings. The van der Waals surface area contributed by atoms with Gasteiger partial charge in [0, 0.05) is 38.4 Å². The highest BCUT2D eigenvalue weighted by Crippen LogP contribution is 2.39. The molecule has 8 nitrogen and oxygen atoms in total. The van der Waals surface area contributed by atoms with Crippen molar-refractivity contribution < 1.29 is 14.4 Å². The summed E-state index contributed by atoms with van der Waals surface area (Å²) < 4.78 is 0. The Morgan fingerprint density at radius 1 is 0.829 bits per heavy atom. The molecule has 0 aromatic heterocycles. The molecule has 0 bridgehead atoms. The van der Waals surface area contributed by atoms with E-state index in [9.17, 15) is 14.4 Å². The first-order chi connectivity index (χ1) is 17.1. The Hall–Kier alpha value is -3.55. The van der Waals surface area contributed by atoms with Crippen LogP contribution in [-0.2, 0) is 16.1 Å². The summed E-state index contributed by atoms with van der Waals surface area (Å²) >= 11 is 0. The van der Waals surface area contributed by atoms with Crippen LogP contribution in [-0.4, -0.2) is 77.5 Å². The van der Waals surface area contributed by atoms with Crippen LogP contribution in [0.25, 0.3) is 0 Å². The number of hydrogen-bond donors (Lipinski definition) is 1. The van der Waals surface area contributed by atoms with E-state index in [1.807, 2.05) is 65.6 Å². The normalized spacial score (nSPS) is 19.5. The van der Waals surface area contributed by atoms with E-state index in [0.29, 0.717) is 39.1 Å². The maximum Gasteiger partial charge on any atom is 0.317 e. The highest BCUT2D eigenvalue weighted by molar-refractivity contribution is 5.96. The standard InChI is InChI=1S/C27H33N5O3/c33-24(29-15-7-8-16-29)20-31-21-32(23-11-5-2-6-12-23)27(25(31)34)13-17-30(18-14-27)26(35)28-19-22-9-3-1-4-10-22/h1-6,9-12H,7-8,13-21H2,(H,28,35). The third-order valence-corrected chi connectivity index (χ3v) is 7.53. The fourth-order valence-electron chi connectivity index (χ4n) is 5.52. The van der Waals surface area contributed by atoms with E-state index in [2.05, 4.69) is 10.2 Å². The van der Waals surface area contributed by atoms with Crippen molar-refractivity contribution >= 4 is 23.5 Å². The van der Waals surface area contributed by atoms with E-state index in [1.165, 1.54) is 0 Å². The highest BCUT2D eigenvalue weighted by Gasteiger charge is 2.54. The van der Waals surface area contributed by atoms with E-state index in [1.54, 1.807) is 9.80 Å². The van der Waals surface area contributed by atoms with Crippen LogP contribution in [0.4, 0.5) is 10.5 Å². The van der Waals surface area contributed by atoms with Gasteiger partial charge in [-0.05, 0) is 43.4 Å². The fourth-order valence-corrected chi connectivity index (χ4v) is 5.52. The first kappa shape index (κ1) is 23.2. The average molecular weight is 476 g/mol. The van der Waals surface area contributed by atoms with Gasteiger partial charge < -0.3 is 24.9 Å². The number of urea groups is 1. The van der Waals surface area contributed by atoms with Gasteiger partial charge >= 0.3 is 6.03 Å². The number of nitrogens with one attached hydrogen (secondary N) is 1. The summed E-state index contributed by atoms with van der Waals surface area (Å²) in [7, 11) is 0. The zero-order chi connectivity index (χ0) is 24.3. The number of amides is 4. The number of para-hydroxylation sites is 1. The molecule has 3 fully saturated rings. The van der Waals surface area contributed by atoms with Gasteiger partial charge in [0.1, 0.15) is 12.1 Å². The summed E-state index contributed by atoms with van der Waals surface area (Å²) in [6.45, 7) is 3.52. The third-order valence-electron chi connectivity index (χ3n) is 7.53. The minimum Gasteiger partial charge on any atom is -0.341 e. The summed E-state index contributed by atoms with van der Waals surface area (Å²) in [5, 5.41) is 3.00. The molecule has 3 saturated heterocycles. The Balaban J connectivity index is 1.28. The molecule has 1 spiro atoms. The number of carbonyl (C=O) groups is 3. The first-order valence-electron chi connectivity index (χ1n) is 12.5. The summed E-state index contributed by atoms with van der Waals surface area (Å²) in [6, 6.07) is 19.6. The lowest BCUT2D eigenvalue weighted by Gasteiger charge is -2.43. The second-order valence-corrected chi connectivity index (χ2v) is 9.66. The van der Waals surface area contributed by atoms with Crippen molar-refractivity contribution in [3.63, 3.8) is 0 Å². The maximum atomic E-state index is 13.8. The molecule has 3 aliphatic heterocycles. The molecule has 2 aromatic rings. The predicted octanol–water partition coefficient (Wildman–Crippen LogP) is 2.66. The monoisotopic (exact) mass is 475 g/mol. The van der Waals surface area contributed by atoms with Crippen molar-refractivity contribution in [2.75, 3.05) is 44.3 Å². The lowest BCUT2D eigenvalue weighted by molar-refractivity contribution is -0.140. The lowest BCUT2D eigenvalue weighted by Crippen LogP contribution is -2.58. The van der Waals surface area contributed by atoms with Crippen LogP contribution in [0.2, 0.25) is 0 Å². The Kier molecular flexibility index (Phi) is 6.61. The second kappa shape index (κ2) is 9.98. The molecule has 0 saturated carbocycles. The van der Waals surface area contributed by atoms with Crippen LogP contribution in [0.15, 0.2) is 60.7 Å². The minimum absolute atomic E-state index is 0.00163. The smallest absolute Gasteiger partial charge is 0.317 e. The van der Waals surface area contributed by atoms with Gasteiger partial charge in [0.05, 0.1) is 6.67 Å². The summed E-state index contributed by atoms with van der Waals surface area (Å²) in [6.07, 6.45) is 3.13. The van der Waals surface area contributed by atoms with Gasteiger partial charge in [-0.25, -0.2) is 4.79 Å². The number of hydrogen-bond acceptors (Lipinski definition) is 4. The summed E-state index contributed by atoms with van der Waals surface area (Å²) in [4.78, 5) is 47.0. The van der Waals surface area contributed by atoms with Gasteiger partial charge in [-0.1, -0.05) is 48.5 Å². The third kappa shape index (κ3) is 4.70. The van der Waals surface area contributed by atoms with Gasteiger partial charge in [0.15, 0.2) is 0 Å². The molecule has 0 unspecified atom stereocenters. The number of carbonyl (C=O) groups excluding carboxylic acids is 3. The zero-order valence-corrected chi connectivity index (χ0v) is 20.1. The van der Waals surface area contributed by atoms with E-state index in [4.69, 9.17) is 0 Å². The lowest BCUT2D eigenvalue weighted by atomic mass is 9.85. The van der Waals surface area contributed by atoms with Crippen LogP contribution in [0, 0.1) is 0 Å². The van der Waals surface area contributed by atoms with E-state index >= 15 is 0 Å². The molecule has 0 aliphatic carbocycles. The number of benzene rings is 2. The fraction of sp³-hybridized carbons (Fsp3) is 0.444. The Morgan fingerprint density at radius 3 is 2.11 bits per heavy atom. The molecule has 4 amide bonds. The average Bonchev–Trinajstić information content (AvgIpc) is 3.53. The molecule has 5 rings (SSSR count). The summed E-state index contributed by atoms with van der Waals surface area (Å²) in [5.74, 6) is 0.0249. The van der Waals surface area contributed by atoms with Gasteiger partial charge in [0.2, 0.25) is 5.91 Å². The molecule has 0 atom stereocenters. The number of piperidine rings is 1. The Labute approximate surface area is 206 Å². The van der Waals surface area contributed by atoms with Crippen molar-refractivity contribution in [2.45, 2.75) is 37.8 Å². The molecule has 8 heteroatoms. The quantitative estimate of drug-likeness (QED) is 0.722. The van der Waals surface area contributed by atoms with Crippen LogP contribution in [0.1, 0.15) is 31.2 Å². The van der Waals surface area contributed by atoms with Gasteiger partial charge in [-0.3, -0.25) is 9.59 Å². The van der Waals surface area contributed by atoms with Crippen molar-refractivity contribution in [1.29, 1.82) is 0 Å². The number of likely N-dealkylation sites (tertiary alicyclic amines) is 2. The molecule has 3 heterocycles. The van der Waals surface area contributed by atoms with Crippen molar-refractivity contribution in [2.24, 2.45) is 0 Å². The van der Waals surface area contributed by atoms with Crippen LogP contribution < -0.4 is 10.2 Å². The van der Waals surface area contributed by atoms with E-state index in [-0.39, 0.29) is 24.4 Å². The van der Waals surface area contributed by atoms with E-state index in [0.717, 1.165) is 37.2 Å². The molecule has 35 heavy (non-hydrogen) atoms. The highest BCUT2D eigenvalue weighted by atomic mass is 16.2. The number of rotatable bonds is 5. The minimum atomic E-state index is -0.733. The predicted molar refractivity (Wildman–Crippen MR) is 134 cm³/mol. The molecule has 184 valence electrons. The first-order valence-corrected chi connectivity index (χ1v) is 12.5. The topological polar surface area (TPSA) is 76.2 Å². The SMILES string of the molecule is O=C(CN1CN(c2ccccc2)C2(CCN(C(=O)NCc3ccccc3)CC2)C1=O)N1CCCC1. The van der Waals surface area contributed by atoms with Crippen LogP contribution in [0.3, 0.4) is 0 Å². The van der Waals surface area contributed by atoms with Gasteiger partial charge in [0.25, 0.3) is 5.91 Å². The molecular weight excluding hydrogens is 442 g/mol. The molecular formula is C27H33N5O3. The zero-order valence-electron chi connectivity index (χ0n) is 20.1. The van der Waals surface area contributed by atoms with E-state index < -0.39 is 5.54 Å². The van der Waals surface area contributed by atoms with Gasteiger partial charge in [-0.2, -0.15) is 0 Å². The summed E-state index contributed by atoms with van der Waals surface area (Å²) in [5.41, 5.74) is 1.29.